The Balaban J connectivity index is 1.67. The van der Waals surface area contributed by atoms with Gasteiger partial charge in [-0.2, -0.15) is 5.26 Å². The van der Waals surface area contributed by atoms with E-state index in [0.29, 0.717) is 17.1 Å². The normalized spacial score (nSPS) is 13.2. The molecule has 0 aliphatic heterocycles. The monoisotopic (exact) mass is 458 g/mol. The van der Waals surface area contributed by atoms with Crippen molar-refractivity contribution in [3.63, 3.8) is 0 Å². The fourth-order valence-electron chi connectivity index (χ4n) is 4.36. The second kappa shape index (κ2) is 10.2. The van der Waals surface area contributed by atoms with Crippen LogP contribution in [-0.4, -0.2) is 17.0 Å². The second-order valence-corrected chi connectivity index (χ2v) is 8.28. The molecule has 0 saturated carbocycles. The molecular weight excluding hydrogens is 432 g/mol. The number of methoxy groups -OCH3 is 1. The van der Waals surface area contributed by atoms with Crippen LogP contribution in [0.4, 0.5) is 11.5 Å². The highest BCUT2D eigenvalue weighted by atomic mass is 16.6. The van der Waals surface area contributed by atoms with E-state index in [9.17, 15) is 15.4 Å². The van der Waals surface area contributed by atoms with Crippen LogP contribution in [0.25, 0.3) is 11.1 Å². The average Bonchev–Trinajstić information content (AvgIpc) is 2.83. The summed E-state index contributed by atoms with van der Waals surface area (Å²) >= 11 is 0. The van der Waals surface area contributed by atoms with Crippen molar-refractivity contribution in [3.8, 4) is 28.7 Å². The Kier molecular flexibility index (Phi) is 6.93. The number of non-ortho nitro benzene ring substituents is 1. The Labute approximate surface area is 198 Å². The van der Waals surface area contributed by atoms with Gasteiger partial charge < -0.3 is 15.2 Å². The molecule has 34 heavy (non-hydrogen) atoms. The van der Waals surface area contributed by atoms with E-state index in [1.54, 1.807) is 19.2 Å². The second-order valence-electron chi connectivity index (χ2n) is 8.28. The molecule has 4 rings (SSSR count). The number of nitrogens with two attached hydrogens (primary N) is 1. The van der Waals surface area contributed by atoms with Crippen molar-refractivity contribution in [2.45, 2.75) is 45.1 Å². The van der Waals surface area contributed by atoms with E-state index in [1.807, 2.05) is 18.2 Å². The predicted molar refractivity (Wildman–Crippen MR) is 129 cm³/mol. The Morgan fingerprint density at radius 2 is 1.82 bits per heavy atom. The molecule has 174 valence electrons. The molecule has 1 heterocycles. The van der Waals surface area contributed by atoms with Crippen LogP contribution < -0.4 is 15.2 Å². The number of fused-ring (bicyclic) bond motifs is 1. The van der Waals surface area contributed by atoms with Gasteiger partial charge in [0.2, 0.25) is 0 Å². The molecule has 0 saturated heterocycles. The number of anilines is 1. The molecule has 3 aromatic rings. The van der Waals surface area contributed by atoms with Crippen molar-refractivity contribution in [1.82, 2.24) is 4.98 Å². The minimum absolute atomic E-state index is 0.0328. The molecule has 0 bridgehead atoms. The van der Waals surface area contributed by atoms with E-state index in [1.165, 1.54) is 18.6 Å². The van der Waals surface area contributed by atoms with Gasteiger partial charge in [-0.3, -0.25) is 10.1 Å². The summed E-state index contributed by atoms with van der Waals surface area (Å²) in [7, 11) is 1.56. The lowest BCUT2D eigenvalue weighted by molar-refractivity contribution is -0.384. The number of benzene rings is 2. The molecule has 1 aliphatic rings. The van der Waals surface area contributed by atoms with E-state index in [4.69, 9.17) is 15.2 Å². The van der Waals surface area contributed by atoms with Gasteiger partial charge in [0, 0.05) is 23.4 Å². The van der Waals surface area contributed by atoms with Gasteiger partial charge in [0.15, 0.2) is 11.5 Å². The van der Waals surface area contributed by atoms with E-state index in [2.05, 4.69) is 11.1 Å². The number of nitrogens with zero attached hydrogens (tertiary/aromatic N) is 3. The zero-order valence-electron chi connectivity index (χ0n) is 19.0. The molecule has 0 unspecified atom stereocenters. The van der Waals surface area contributed by atoms with Crippen molar-refractivity contribution in [3.05, 3.63) is 75.0 Å². The first kappa shape index (κ1) is 23.1. The van der Waals surface area contributed by atoms with Crippen LogP contribution >= 0.6 is 0 Å². The number of rotatable bonds is 6. The molecule has 0 fully saturated rings. The van der Waals surface area contributed by atoms with Gasteiger partial charge in [0.05, 0.1) is 12.0 Å². The number of pyridine rings is 1. The molecular formula is C26H26N4O4. The van der Waals surface area contributed by atoms with Crippen LogP contribution in [0, 0.1) is 21.4 Å². The molecule has 0 spiro atoms. The van der Waals surface area contributed by atoms with Crippen LogP contribution in [0.15, 0.2) is 42.5 Å². The summed E-state index contributed by atoms with van der Waals surface area (Å²) in [5, 5.41) is 20.7. The lowest BCUT2D eigenvalue weighted by Gasteiger charge is -2.20. The Morgan fingerprint density at radius 3 is 2.50 bits per heavy atom. The van der Waals surface area contributed by atoms with Crippen LogP contribution in [0.2, 0.25) is 0 Å². The first-order valence-electron chi connectivity index (χ1n) is 11.3. The third-order valence-electron chi connectivity index (χ3n) is 6.11. The van der Waals surface area contributed by atoms with Gasteiger partial charge in [0.1, 0.15) is 24.1 Å². The molecule has 0 atom stereocenters. The molecule has 0 amide bonds. The van der Waals surface area contributed by atoms with E-state index in [0.717, 1.165) is 60.1 Å². The van der Waals surface area contributed by atoms with Gasteiger partial charge in [-0.1, -0.05) is 18.9 Å². The highest BCUT2D eigenvalue weighted by Crippen LogP contribution is 2.39. The summed E-state index contributed by atoms with van der Waals surface area (Å²) in [6, 6.07) is 14.1. The van der Waals surface area contributed by atoms with Crippen molar-refractivity contribution >= 4 is 11.5 Å². The summed E-state index contributed by atoms with van der Waals surface area (Å²) in [6.45, 7) is 0.231. The van der Waals surface area contributed by atoms with E-state index < -0.39 is 4.92 Å². The molecule has 0 radical (unpaired) electrons. The standard InChI is InChI=1S/C26H26N4O4/c1-33-24-14-18(10-13-23(24)34-16-17-8-11-19(12-9-17)30(31)32)25-20-6-4-2-3-5-7-22(20)29-26(28)21(25)15-27/h8-14H,2-7,16H2,1H3,(H2,28,29). The van der Waals surface area contributed by atoms with E-state index >= 15 is 0 Å². The number of aryl methyl sites for hydroxylation is 1. The number of nitro groups is 1. The fourth-order valence-corrected chi connectivity index (χ4v) is 4.36. The Morgan fingerprint density at radius 1 is 1.09 bits per heavy atom. The predicted octanol–water partition coefficient (Wildman–Crippen LogP) is 5.36. The molecule has 1 aromatic heterocycles. The number of nitriles is 1. The third-order valence-corrected chi connectivity index (χ3v) is 6.11. The first-order valence-corrected chi connectivity index (χ1v) is 11.3. The molecule has 8 nitrogen and oxygen atoms in total. The quantitative estimate of drug-likeness (QED) is 0.389. The molecule has 2 N–H and O–H groups in total. The SMILES string of the molecule is COc1cc(-c2c(C#N)c(N)nc3c2CCCCCC3)ccc1OCc1ccc([N+](=O)[O-])cc1. The number of nitro benzene ring substituents is 1. The van der Waals surface area contributed by atoms with E-state index in [-0.39, 0.29) is 18.1 Å². The number of nitrogen functional groups attached to an aromatic ring is 1. The summed E-state index contributed by atoms with van der Waals surface area (Å²) in [5.41, 5.74) is 11.1. The Bertz CT molecular complexity index is 1250. The van der Waals surface area contributed by atoms with Gasteiger partial charge in [-0.05, 0) is 66.6 Å². The van der Waals surface area contributed by atoms with Gasteiger partial charge in [-0.25, -0.2) is 4.98 Å². The van der Waals surface area contributed by atoms with Crippen LogP contribution in [0.3, 0.4) is 0 Å². The minimum atomic E-state index is -0.434. The topological polar surface area (TPSA) is 124 Å². The van der Waals surface area contributed by atoms with Gasteiger partial charge in [-0.15, -0.1) is 0 Å². The minimum Gasteiger partial charge on any atom is -0.493 e. The zero-order chi connectivity index (χ0) is 24.1. The fraction of sp³-hybridized carbons (Fsp3) is 0.308. The smallest absolute Gasteiger partial charge is 0.269 e. The van der Waals surface area contributed by atoms with Crippen LogP contribution in [0.5, 0.6) is 11.5 Å². The lowest BCUT2D eigenvalue weighted by atomic mass is 9.88. The maximum Gasteiger partial charge on any atom is 0.269 e. The highest BCUT2D eigenvalue weighted by Gasteiger charge is 2.22. The van der Waals surface area contributed by atoms with Gasteiger partial charge in [0.25, 0.3) is 5.69 Å². The largest absolute Gasteiger partial charge is 0.493 e. The molecule has 8 heteroatoms. The maximum absolute atomic E-state index is 10.8. The first-order chi connectivity index (χ1) is 16.5. The van der Waals surface area contributed by atoms with Crippen molar-refractivity contribution in [1.29, 1.82) is 5.26 Å². The maximum atomic E-state index is 10.8. The number of hydrogen-bond donors (Lipinski definition) is 1. The number of hydrogen-bond acceptors (Lipinski definition) is 7. The lowest BCUT2D eigenvalue weighted by Crippen LogP contribution is -2.10. The highest BCUT2D eigenvalue weighted by molar-refractivity contribution is 5.80. The average molecular weight is 459 g/mol. The third kappa shape index (κ3) is 4.79. The summed E-state index contributed by atoms with van der Waals surface area (Å²) in [5.74, 6) is 1.32. The number of aromatic nitrogens is 1. The molecule has 1 aliphatic carbocycles. The van der Waals surface area contributed by atoms with Crippen LogP contribution in [0.1, 0.15) is 48.1 Å². The van der Waals surface area contributed by atoms with Gasteiger partial charge >= 0.3 is 0 Å². The zero-order valence-corrected chi connectivity index (χ0v) is 19.0. The van der Waals surface area contributed by atoms with Crippen molar-refractivity contribution in [2.75, 3.05) is 12.8 Å². The summed E-state index contributed by atoms with van der Waals surface area (Å²) < 4.78 is 11.5. The van der Waals surface area contributed by atoms with Crippen molar-refractivity contribution in [2.24, 2.45) is 0 Å². The summed E-state index contributed by atoms with van der Waals surface area (Å²) in [6.07, 6.45) is 6.14. The van der Waals surface area contributed by atoms with Crippen LogP contribution in [-0.2, 0) is 19.4 Å². The molecule has 2 aromatic carbocycles. The Hall–Kier alpha value is -4.12. The number of ether oxygens (including phenoxy) is 2. The summed E-state index contributed by atoms with van der Waals surface area (Å²) in [4.78, 5) is 15.0. The van der Waals surface area contributed by atoms with Crippen molar-refractivity contribution < 1.29 is 14.4 Å².